The van der Waals surface area contributed by atoms with Crippen molar-refractivity contribution in [3.8, 4) is 0 Å². The molecule has 1 saturated heterocycles. The van der Waals surface area contributed by atoms with E-state index < -0.39 is 5.97 Å². The van der Waals surface area contributed by atoms with Crippen molar-refractivity contribution in [2.24, 2.45) is 11.8 Å². The fraction of sp³-hybridized carbons (Fsp3) is 0.857. The van der Waals surface area contributed by atoms with E-state index in [1.54, 1.807) is 0 Å². The minimum atomic E-state index is -0.741. The van der Waals surface area contributed by atoms with Crippen LogP contribution in [0.3, 0.4) is 0 Å². The first-order chi connectivity index (χ1) is 9.58. The summed E-state index contributed by atoms with van der Waals surface area (Å²) in [5, 5.41) is 14.9. The second kappa shape index (κ2) is 6.92. The molecule has 2 amide bonds. The molecule has 0 aromatic rings. The monoisotopic (exact) mass is 284 g/mol. The lowest BCUT2D eigenvalue weighted by molar-refractivity contribution is -0.144. The minimum absolute atomic E-state index is 0.0437. The van der Waals surface area contributed by atoms with Crippen molar-refractivity contribution >= 4 is 12.0 Å². The van der Waals surface area contributed by atoms with Crippen LogP contribution in [-0.2, 0) is 9.53 Å². The summed E-state index contributed by atoms with van der Waals surface area (Å²) in [5.41, 5.74) is 0. The molecule has 20 heavy (non-hydrogen) atoms. The van der Waals surface area contributed by atoms with Gasteiger partial charge in [0, 0.05) is 13.2 Å². The van der Waals surface area contributed by atoms with E-state index >= 15 is 0 Å². The molecule has 1 saturated carbocycles. The standard InChI is InChI=1S/C14H24N2O4/c1-9-12(6-7-20-9)16-14(19)15-8-10-4-2-3-5-11(10)13(17)18/h9-12H,2-8H2,1H3,(H,17,18)(H2,15,16,19). The molecule has 6 heteroatoms. The first kappa shape index (κ1) is 15.1. The highest BCUT2D eigenvalue weighted by molar-refractivity contribution is 5.74. The number of carboxylic acids is 1. The van der Waals surface area contributed by atoms with Crippen LogP contribution in [0.15, 0.2) is 0 Å². The third kappa shape index (κ3) is 3.85. The third-order valence-corrected chi connectivity index (χ3v) is 4.44. The Balaban J connectivity index is 1.75. The summed E-state index contributed by atoms with van der Waals surface area (Å²) in [6.45, 7) is 3.06. The predicted octanol–water partition coefficient (Wildman–Crippen LogP) is 1.35. The van der Waals surface area contributed by atoms with Gasteiger partial charge >= 0.3 is 12.0 Å². The zero-order chi connectivity index (χ0) is 14.5. The lowest BCUT2D eigenvalue weighted by Crippen LogP contribution is -2.47. The van der Waals surface area contributed by atoms with Gasteiger partial charge in [-0.1, -0.05) is 12.8 Å². The van der Waals surface area contributed by atoms with E-state index in [0.717, 1.165) is 32.1 Å². The molecule has 2 fully saturated rings. The van der Waals surface area contributed by atoms with Gasteiger partial charge in [0.1, 0.15) is 0 Å². The SMILES string of the molecule is CC1OCCC1NC(=O)NCC1CCCCC1C(=O)O. The number of ether oxygens (including phenoxy) is 1. The number of hydrogen-bond donors (Lipinski definition) is 3. The van der Waals surface area contributed by atoms with E-state index in [0.29, 0.717) is 13.2 Å². The second-order valence-electron chi connectivity index (χ2n) is 5.81. The Bertz CT molecular complexity index is 361. The van der Waals surface area contributed by atoms with Crippen LogP contribution in [0.2, 0.25) is 0 Å². The summed E-state index contributed by atoms with van der Waals surface area (Å²) in [4.78, 5) is 23.0. The number of carbonyl (C=O) groups is 2. The fourth-order valence-electron chi connectivity index (χ4n) is 3.14. The Kier molecular flexibility index (Phi) is 5.23. The molecule has 4 atom stereocenters. The number of aliphatic carboxylic acids is 1. The van der Waals surface area contributed by atoms with E-state index in [9.17, 15) is 14.7 Å². The molecule has 1 heterocycles. The van der Waals surface area contributed by atoms with Crippen molar-refractivity contribution in [2.45, 2.75) is 51.2 Å². The zero-order valence-corrected chi connectivity index (χ0v) is 11.9. The van der Waals surface area contributed by atoms with Crippen LogP contribution in [0.5, 0.6) is 0 Å². The van der Waals surface area contributed by atoms with E-state index in [1.807, 2.05) is 6.92 Å². The quantitative estimate of drug-likeness (QED) is 0.727. The fourth-order valence-corrected chi connectivity index (χ4v) is 3.14. The lowest BCUT2D eigenvalue weighted by Gasteiger charge is -2.28. The molecular formula is C14H24N2O4. The Hall–Kier alpha value is -1.30. The first-order valence-electron chi connectivity index (χ1n) is 7.46. The lowest BCUT2D eigenvalue weighted by atomic mass is 9.79. The van der Waals surface area contributed by atoms with Gasteiger partial charge in [0.2, 0.25) is 0 Å². The van der Waals surface area contributed by atoms with Gasteiger partial charge in [-0.05, 0) is 32.1 Å². The molecule has 2 aliphatic rings. The smallest absolute Gasteiger partial charge is 0.315 e. The van der Waals surface area contributed by atoms with Gasteiger partial charge in [-0.25, -0.2) is 4.79 Å². The molecule has 0 bridgehead atoms. The van der Waals surface area contributed by atoms with Crippen molar-refractivity contribution < 1.29 is 19.4 Å². The van der Waals surface area contributed by atoms with Gasteiger partial charge in [0.25, 0.3) is 0 Å². The van der Waals surface area contributed by atoms with Crippen LogP contribution < -0.4 is 10.6 Å². The van der Waals surface area contributed by atoms with Gasteiger partial charge in [-0.2, -0.15) is 0 Å². The molecule has 0 aromatic heterocycles. The summed E-state index contributed by atoms with van der Waals surface area (Å²) in [5.74, 6) is -1.02. The molecule has 0 radical (unpaired) electrons. The second-order valence-corrected chi connectivity index (χ2v) is 5.81. The molecule has 0 spiro atoms. The molecule has 2 rings (SSSR count). The highest BCUT2D eigenvalue weighted by atomic mass is 16.5. The van der Waals surface area contributed by atoms with Crippen LogP contribution >= 0.6 is 0 Å². The normalized spacial score (nSPS) is 33.6. The molecule has 4 unspecified atom stereocenters. The zero-order valence-electron chi connectivity index (χ0n) is 11.9. The highest BCUT2D eigenvalue weighted by Crippen LogP contribution is 2.29. The Morgan fingerprint density at radius 1 is 1.25 bits per heavy atom. The molecule has 1 aliphatic carbocycles. The maximum Gasteiger partial charge on any atom is 0.315 e. The molecule has 3 N–H and O–H groups in total. The van der Waals surface area contributed by atoms with Crippen molar-refractivity contribution in [1.29, 1.82) is 0 Å². The topological polar surface area (TPSA) is 87.7 Å². The molecule has 114 valence electrons. The third-order valence-electron chi connectivity index (χ3n) is 4.44. The average Bonchev–Trinajstić information content (AvgIpc) is 2.82. The van der Waals surface area contributed by atoms with E-state index in [-0.39, 0.29) is 30.0 Å². The number of urea groups is 1. The number of amides is 2. The maximum atomic E-state index is 11.8. The van der Waals surface area contributed by atoms with E-state index in [1.165, 1.54) is 0 Å². The van der Waals surface area contributed by atoms with Crippen molar-refractivity contribution in [2.75, 3.05) is 13.2 Å². The van der Waals surface area contributed by atoms with Gasteiger partial charge in [-0.15, -0.1) is 0 Å². The molecule has 0 aromatic carbocycles. The number of carbonyl (C=O) groups excluding carboxylic acids is 1. The highest BCUT2D eigenvalue weighted by Gasteiger charge is 2.31. The number of hydrogen-bond acceptors (Lipinski definition) is 3. The van der Waals surface area contributed by atoms with Gasteiger partial charge in [-0.3, -0.25) is 4.79 Å². The minimum Gasteiger partial charge on any atom is -0.481 e. The van der Waals surface area contributed by atoms with Crippen LogP contribution in [0.4, 0.5) is 4.79 Å². The van der Waals surface area contributed by atoms with Gasteiger partial charge < -0.3 is 20.5 Å². The summed E-state index contributed by atoms with van der Waals surface area (Å²) in [6.07, 6.45) is 4.48. The Morgan fingerprint density at radius 3 is 2.65 bits per heavy atom. The summed E-state index contributed by atoms with van der Waals surface area (Å²) >= 11 is 0. The number of nitrogens with one attached hydrogen (secondary N) is 2. The van der Waals surface area contributed by atoms with Crippen molar-refractivity contribution in [3.05, 3.63) is 0 Å². The van der Waals surface area contributed by atoms with Crippen LogP contribution in [0, 0.1) is 11.8 Å². The summed E-state index contributed by atoms with van der Waals surface area (Å²) < 4.78 is 5.39. The first-order valence-corrected chi connectivity index (χ1v) is 7.46. The molecule has 6 nitrogen and oxygen atoms in total. The number of carboxylic acid groups (broad SMARTS) is 1. The van der Waals surface area contributed by atoms with Crippen LogP contribution in [0.1, 0.15) is 39.0 Å². The van der Waals surface area contributed by atoms with E-state index in [4.69, 9.17) is 4.74 Å². The molecule has 1 aliphatic heterocycles. The van der Waals surface area contributed by atoms with E-state index in [2.05, 4.69) is 10.6 Å². The molecular weight excluding hydrogens is 260 g/mol. The average molecular weight is 284 g/mol. The Morgan fingerprint density at radius 2 is 2.00 bits per heavy atom. The van der Waals surface area contributed by atoms with Crippen LogP contribution in [0.25, 0.3) is 0 Å². The van der Waals surface area contributed by atoms with Gasteiger partial charge in [0.15, 0.2) is 0 Å². The summed E-state index contributed by atoms with van der Waals surface area (Å²) in [6, 6.07) is -0.168. The predicted molar refractivity (Wildman–Crippen MR) is 73.4 cm³/mol. The largest absolute Gasteiger partial charge is 0.481 e. The van der Waals surface area contributed by atoms with Gasteiger partial charge in [0.05, 0.1) is 18.1 Å². The van der Waals surface area contributed by atoms with Crippen molar-refractivity contribution in [1.82, 2.24) is 10.6 Å². The van der Waals surface area contributed by atoms with Crippen molar-refractivity contribution in [3.63, 3.8) is 0 Å². The maximum absolute atomic E-state index is 11.8. The van der Waals surface area contributed by atoms with Crippen LogP contribution in [-0.4, -0.2) is 42.4 Å². The Labute approximate surface area is 119 Å². The summed E-state index contributed by atoms with van der Waals surface area (Å²) in [7, 11) is 0. The number of rotatable bonds is 4.